The molecule has 100 valence electrons. The summed E-state index contributed by atoms with van der Waals surface area (Å²) in [4.78, 5) is 2.61. The Balaban J connectivity index is 1.89. The highest BCUT2D eigenvalue weighted by Crippen LogP contribution is 2.37. The van der Waals surface area contributed by atoms with E-state index >= 15 is 0 Å². The minimum atomic E-state index is 0.470. The van der Waals surface area contributed by atoms with E-state index in [0.29, 0.717) is 11.5 Å². The molecule has 1 aliphatic carbocycles. The van der Waals surface area contributed by atoms with E-state index in [0.717, 1.165) is 12.3 Å². The Bertz CT molecular complexity index is 226. The quantitative estimate of drug-likeness (QED) is 0.614. The third-order valence-electron chi connectivity index (χ3n) is 4.62. The van der Waals surface area contributed by atoms with Gasteiger partial charge in [-0.25, -0.2) is 0 Å². The summed E-state index contributed by atoms with van der Waals surface area (Å²) in [6.45, 7) is 3.59. The summed E-state index contributed by atoms with van der Waals surface area (Å²) in [5.74, 6) is 1.06. The zero-order valence-corrected chi connectivity index (χ0v) is 12.1. The number of hydrogen-bond donors (Lipinski definition) is 1. The van der Waals surface area contributed by atoms with Crippen LogP contribution in [0.25, 0.3) is 0 Å². The molecule has 3 heteroatoms. The molecule has 2 aliphatic rings. The molecule has 0 N–H and O–H groups in total. The van der Waals surface area contributed by atoms with Crippen LogP contribution in [-0.2, 0) is 4.74 Å². The highest BCUT2D eigenvalue weighted by Gasteiger charge is 2.34. The van der Waals surface area contributed by atoms with Gasteiger partial charge in [0.15, 0.2) is 0 Å². The van der Waals surface area contributed by atoms with E-state index in [4.69, 9.17) is 4.74 Å². The molecule has 2 rings (SSSR count). The Morgan fingerprint density at radius 3 is 2.47 bits per heavy atom. The standard InChI is InChI=1S/C14H27NOS/c1-16-13-6-9-15(10-13)11-14(12-17)7-4-2-3-5-8-14/h13,17H,2-12H2,1H3. The highest BCUT2D eigenvalue weighted by atomic mass is 32.1. The zero-order valence-electron chi connectivity index (χ0n) is 11.2. The van der Waals surface area contributed by atoms with Gasteiger partial charge in [0, 0.05) is 26.7 Å². The molecular formula is C14H27NOS. The maximum absolute atomic E-state index is 5.46. The number of ether oxygens (including phenoxy) is 1. The van der Waals surface area contributed by atoms with Crippen molar-refractivity contribution in [3.8, 4) is 0 Å². The normalized spacial score (nSPS) is 30.4. The van der Waals surface area contributed by atoms with Crippen molar-refractivity contribution in [1.82, 2.24) is 4.90 Å². The Hall–Kier alpha value is 0.270. The van der Waals surface area contributed by atoms with Gasteiger partial charge >= 0.3 is 0 Å². The van der Waals surface area contributed by atoms with Gasteiger partial charge in [-0.05, 0) is 30.4 Å². The number of rotatable bonds is 4. The second-order valence-corrected chi connectivity index (χ2v) is 6.27. The van der Waals surface area contributed by atoms with E-state index in [1.807, 2.05) is 7.11 Å². The van der Waals surface area contributed by atoms with Crippen LogP contribution in [0.5, 0.6) is 0 Å². The molecule has 0 amide bonds. The summed E-state index contributed by atoms with van der Waals surface area (Å²) in [6, 6.07) is 0. The van der Waals surface area contributed by atoms with Gasteiger partial charge in [0.2, 0.25) is 0 Å². The first-order valence-corrected chi connectivity index (χ1v) is 7.77. The topological polar surface area (TPSA) is 12.5 Å². The van der Waals surface area contributed by atoms with E-state index in [2.05, 4.69) is 17.5 Å². The van der Waals surface area contributed by atoms with Crippen LogP contribution in [-0.4, -0.2) is 43.5 Å². The fourth-order valence-corrected chi connectivity index (χ4v) is 3.87. The molecule has 1 saturated heterocycles. The number of hydrogen-bond acceptors (Lipinski definition) is 3. The molecule has 17 heavy (non-hydrogen) atoms. The fourth-order valence-electron chi connectivity index (χ4n) is 3.45. The van der Waals surface area contributed by atoms with E-state index < -0.39 is 0 Å². The number of methoxy groups -OCH3 is 1. The average molecular weight is 257 g/mol. The predicted molar refractivity (Wildman–Crippen MR) is 75.8 cm³/mol. The van der Waals surface area contributed by atoms with Crippen molar-refractivity contribution in [3.63, 3.8) is 0 Å². The molecule has 1 heterocycles. The third kappa shape index (κ3) is 3.62. The number of nitrogens with zero attached hydrogens (tertiary/aromatic N) is 1. The molecule has 1 atom stereocenters. The lowest BCUT2D eigenvalue weighted by atomic mass is 9.82. The molecule has 1 saturated carbocycles. The van der Waals surface area contributed by atoms with Gasteiger partial charge in [-0.1, -0.05) is 25.7 Å². The van der Waals surface area contributed by atoms with Crippen LogP contribution >= 0.6 is 12.6 Å². The lowest BCUT2D eigenvalue weighted by molar-refractivity contribution is 0.0973. The molecule has 2 fully saturated rings. The van der Waals surface area contributed by atoms with Crippen LogP contribution in [0.3, 0.4) is 0 Å². The van der Waals surface area contributed by atoms with E-state index in [-0.39, 0.29) is 0 Å². The summed E-state index contributed by atoms with van der Waals surface area (Å²) in [7, 11) is 1.84. The van der Waals surface area contributed by atoms with Crippen molar-refractivity contribution in [2.75, 3.05) is 32.5 Å². The van der Waals surface area contributed by atoms with Gasteiger partial charge in [0.05, 0.1) is 6.10 Å². The summed E-state index contributed by atoms with van der Waals surface area (Å²) in [6.07, 6.45) is 10.1. The van der Waals surface area contributed by atoms with Crippen molar-refractivity contribution < 1.29 is 4.74 Å². The third-order valence-corrected chi connectivity index (χ3v) is 5.29. The second kappa shape index (κ2) is 6.44. The Morgan fingerprint density at radius 1 is 1.24 bits per heavy atom. The van der Waals surface area contributed by atoms with E-state index in [1.54, 1.807) is 0 Å². The van der Waals surface area contributed by atoms with Crippen molar-refractivity contribution in [3.05, 3.63) is 0 Å². The van der Waals surface area contributed by atoms with Crippen molar-refractivity contribution in [2.45, 2.75) is 51.0 Å². The number of likely N-dealkylation sites (tertiary alicyclic amines) is 1. The van der Waals surface area contributed by atoms with E-state index in [1.165, 1.54) is 58.0 Å². The van der Waals surface area contributed by atoms with Crippen LogP contribution in [0.2, 0.25) is 0 Å². The van der Waals surface area contributed by atoms with Gasteiger partial charge < -0.3 is 9.64 Å². The fraction of sp³-hybridized carbons (Fsp3) is 1.00. The van der Waals surface area contributed by atoms with Gasteiger partial charge in [0.1, 0.15) is 0 Å². The van der Waals surface area contributed by atoms with Gasteiger partial charge in [0.25, 0.3) is 0 Å². The van der Waals surface area contributed by atoms with Crippen LogP contribution in [0.1, 0.15) is 44.9 Å². The second-order valence-electron chi connectivity index (χ2n) is 5.95. The smallest absolute Gasteiger partial charge is 0.0710 e. The highest BCUT2D eigenvalue weighted by molar-refractivity contribution is 7.80. The first-order chi connectivity index (χ1) is 8.28. The Labute approximate surface area is 112 Å². The van der Waals surface area contributed by atoms with E-state index in [9.17, 15) is 0 Å². The maximum Gasteiger partial charge on any atom is 0.0710 e. The molecule has 2 nitrogen and oxygen atoms in total. The number of thiol groups is 1. The molecule has 1 aliphatic heterocycles. The summed E-state index contributed by atoms with van der Waals surface area (Å²) in [5, 5.41) is 0. The largest absolute Gasteiger partial charge is 0.380 e. The van der Waals surface area contributed by atoms with Crippen molar-refractivity contribution in [1.29, 1.82) is 0 Å². The maximum atomic E-state index is 5.46. The van der Waals surface area contributed by atoms with Gasteiger partial charge in [-0.2, -0.15) is 12.6 Å². The lowest BCUT2D eigenvalue weighted by Gasteiger charge is -2.35. The van der Waals surface area contributed by atoms with Crippen LogP contribution < -0.4 is 0 Å². The molecular weight excluding hydrogens is 230 g/mol. The first kappa shape index (κ1) is 13.7. The predicted octanol–water partition coefficient (Wildman–Crippen LogP) is 2.98. The van der Waals surface area contributed by atoms with Crippen LogP contribution in [0.4, 0.5) is 0 Å². The summed E-state index contributed by atoms with van der Waals surface area (Å²) < 4.78 is 5.46. The molecule has 0 aromatic heterocycles. The first-order valence-electron chi connectivity index (χ1n) is 7.14. The van der Waals surface area contributed by atoms with Gasteiger partial charge in [-0.3, -0.25) is 0 Å². The molecule has 0 aromatic carbocycles. The summed E-state index contributed by atoms with van der Waals surface area (Å²) in [5.41, 5.74) is 0.488. The van der Waals surface area contributed by atoms with Crippen LogP contribution in [0, 0.1) is 5.41 Å². The minimum absolute atomic E-state index is 0.470. The average Bonchev–Trinajstić information content (AvgIpc) is 2.67. The molecule has 0 bridgehead atoms. The lowest BCUT2D eigenvalue weighted by Crippen LogP contribution is -2.38. The molecule has 0 aromatic rings. The monoisotopic (exact) mass is 257 g/mol. The SMILES string of the molecule is COC1CCN(CC2(CS)CCCCCC2)C1. The van der Waals surface area contributed by atoms with Crippen LogP contribution in [0.15, 0.2) is 0 Å². The summed E-state index contributed by atoms with van der Waals surface area (Å²) >= 11 is 4.66. The molecule has 0 radical (unpaired) electrons. The minimum Gasteiger partial charge on any atom is -0.380 e. The van der Waals surface area contributed by atoms with Gasteiger partial charge in [-0.15, -0.1) is 0 Å². The molecule has 1 unspecified atom stereocenters. The van der Waals surface area contributed by atoms with Crippen molar-refractivity contribution >= 4 is 12.6 Å². The van der Waals surface area contributed by atoms with Crippen molar-refractivity contribution in [2.24, 2.45) is 5.41 Å². The molecule has 0 spiro atoms. The zero-order chi connectivity index (χ0) is 12.1. The Morgan fingerprint density at radius 2 is 1.94 bits per heavy atom. The Kier molecular flexibility index (Phi) is 5.19.